The second-order valence-corrected chi connectivity index (χ2v) is 6.89. The molecule has 0 aliphatic rings. The topological polar surface area (TPSA) is 61.4 Å². The Kier molecular flexibility index (Phi) is 6.64. The summed E-state index contributed by atoms with van der Waals surface area (Å²) in [5.41, 5.74) is 3.74. The molecule has 2 N–H and O–H groups in total. The van der Waals surface area contributed by atoms with Gasteiger partial charge in [-0.3, -0.25) is 9.59 Å². The number of aryl methyl sites for hydroxylation is 1. The summed E-state index contributed by atoms with van der Waals surface area (Å²) < 4.78 is 0. The van der Waals surface area contributed by atoms with Gasteiger partial charge in [-0.15, -0.1) is 0 Å². The first-order valence-electron chi connectivity index (χ1n) is 8.36. The van der Waals surface area contributed by atoms with E-state index in [-0.39, 0.29) is 18.2 Å². The van der Waals surface area contributed by atoms with E-state index in [2.05, 4.69) is 10.6 Å². The van der Waals surface area contributed by atoms with Crippen molar-refractivity contribution in [2.45, 2.75) is 26.3 Å². The van der Waals surface area contributed by atoms with Crippen LogP contribution in [0.1, 0.15) is 30.5 Å². The molecule has 0 heterocycles. The van der Waals surface area contributed by atoms with Gasteiger partial charge in [-0.2, -0.15) is 0 Å². The van der Waals surface area contributed by atoms with E-state index in [1.54, 1.807) is 12.1 Å². The Balaban J connectivity index is 2.10. The molecule has 0 bridgehead atoms. The summed E-state index contributed by atoms with van der Waals surface area (Å²) >= 11 is 5.91. The highest BCUT2D eigenvalue weighted by molar-refractivity contribution is 6.30. The number of nitrogens with one attached hydrogen (secondary N) is 2. The summed E-state index contributed by atoms with van der Waals surface area (Å²) in [6.45, 7) is 3.43. The molecule has 0 aliphatic carbocycles. The van der Waals surface area contributed by atoms with Crippen molar-refractivity contribution in [1.82, 2.24) is 5.32 Å². The standard InChI is InChI=1S/C20H24ClN3O2/c1-13-11-17(9-10-19(13)24(3)4)23-20(26)12-18(22-14(2)25)15-5-7-16(21)8-6-15/h5-11,18H,12H2,1-4H3,(H,22,25)(H,23,26). The van der Waals surface area contributed by atoms with Gasteiger partial charge in [0.15, 0.2) is 0 Å². The van der Waals surface area contributed by atoms with Gasteiger partial charge >= 0.3 is 0 Å². The first-order chi connectivity index (χ1) is 12.3. The molecule has 138 valence electrons. The van der Waals surface area contributed by atoms with Crippen LogP contribution in [-0.4, -0.2) is 25.9 Å². The van der Waals surface area contributed by atoms with Crippen LogP contribution in [-0.2, 0) is 9.59 Å². The highest BCUT2D eigenvalue weighted by atomic mass is 35.5. The van der Waals surface area contributed by atoms with E-state index in [1.165, 1.54) is 6.92 Å². The van der Waals surface area contributed by atoms with Gasteiger partial charge in [-0.05, 0) is 48.4 Å². The molecule has 26 heavy (non-hydrogen) atoms. The third-order valence-electron chi connectivity index (χ3n) is 4.00. The maximum atomic E-state index is 12.5. The number of carbonyl (C=O) groups excluding carboxylic acids is 2. The lowest BCUT2D eigenvalue weighted by Gasteiger charge is -2.19. The zero-order valence-corrected chi connectivity index (χ0v) is 16.2. The van der Waals surface area contributed by atoms with Crippen LogP contribution in [0.3, 0.4) is 0 Å². The number of anilines is 2. The average molecular weight is 374 g/mol. The number of halogens is 1. The Labute approximate surface area is 159 Å². The summed E-state index contributed by atoms with van der Waals surface area (Å²) in [7, 11) is 3.95. The Morgan fingerprint density at radius 3 is 2.31 bits per heavy atom. The molecule has 1 unspecified atom stereocenters. The lowest BCUT2D eigenvalue weighted by Crippen LogP contribution is -2.29. The van der Waals surface area contributed by atoms with Crippen LogP contribution < -0.4 is 15.5 Å². The molecule has 0 aliphatic heterocycles. The van der Waals surface area contributed by atoms with Gasteiger partial charge in [0, 0.05) is 37.4 Å². The fourth-order valence-electron chi connectivity index (χ4n) is 2.83. The largest absolute Gasteiger partial charge is 0.377 e. The van der Waals surface area contributed by atoms with Crippen LogP contribution in [0, 0.1) is 6.92 Å². The lowest BCUT2D eigenvalue weighted by molar-refractivity contribution is -0.120. The Morgan fingerprint density at radius 1 is 1.12 bits per heavy atom. The highest BCUT2D eigenvalue weighted by Crippen LogP contribution is 2.23. The second-order valence-electron chi connectivity index (χ2n) is 6.45. The Bertz CT molecular complexity index is 788. The SMILES string of the molecule is CC(=O)NC(CC(=O)Nc1ccc(N(C)C)c(C)c1)c1ccc(Cl)cc1. The number of amides is 2. The quantitative estimate of drug-likeness (QED) is 0.806. The van der Waals surface area contributed by atoms with Crippen molar-refractivity contribution >= 4 is 34.8 Å². The van der Waals surface area contributed by atoms with E-state index in [0.29, 0.717) is 5.02 Å². The smallest absolute Gasteiger partial charge is 0.226 e. The van der Waals surface area contributed by atoms with Crippen LogP contribution in [0.5, 0.6) is 0 Å². The molecule has 2 rings (SSSR count). The van der Waals surface area contributed by atoms with Gasteiger partial charge in [-0.25, -0.2) is 0 Å². The molecule has 2 aromatic carbocycles. The monoisotopic (exact) mass is 373 g/mol. The molecule has 0 aromatic heterocycles. The van der Waals surface area contributed by atoms with Crippen LogP contribution in [0.25, 0.3) is 0 Å². The number of hydrogen-bond acceptors (Lipinski definition) is 3. The van der Waals surface area contributed by atoms with Gasteiger partial charge < -0.3 is 15.5 Å². The first kappa shape index (κ1) is 19.8. The Hall–Kier alpha value is -2.53. The van der Waals surface area contributed by atoms with Crippen LogP contribution in [0.4, 0.5) is 11.4 Å². The normalized spacial score (nSPS) is 11.6. The van der Waals surface area contributed by atoms with Gasteiger partial charge in [-0.1, -0.05) is 23.7 Å². The first-order valence-corrected chi connectivity index (χ1v) is 8.74. The van der Waals surface area contributed by atoms with Crippen molar-refractivity contribution < 1.29 is 9.59 Å². The molecule has 2 amide bonds. The zero-order valence-electron chi connectivity index (χ0n) is 15.5. The predicted molar refractivity (Wildman–Crippen MR) is 107 cm³/mol. The molecule has 0 radical (unpaired) electrons. The summed E-state index contributed by atoms with van der Waals surface area (Å²) in [5, 5.41) is 6.32. The summed E-state index contributed by atoms with van der Waals surface area (Å²) in [4.78, 5) is 26.0. The van der Waals surface area contributed by atoms with Gasteiger partial charge in [0.25, 0.3) is 0 Å². The zero-order chi connectivity index (χ0) is 19.3. The third kappa shape index (κ3) is 5.49. The van der Waals surface area contributed by atoms with Crippen molar-refractivity contribution in [2.75, 3.05) is 24.3 Å². The second kappa shape index (κ2) is 8.72. The van der Waals surface area contributed by atoms with Gasteiger partial charge in [0.05, 0.1) is 12.5 Å². The molecule has 1 atom stereocenters. The van der Waals surface area contributed by atoms with E-state index in [9.17, 15) is 9.59 Å². The molecule has 0 spiro atoms. The van der Waals surface area contributed by atoms with Crippen LogP contribution in [0.2, 0.25) is 5.02 Å². The van der Waals surface area contributed by atoms with Gasteiger partial charge in [0.2, 0.25) is 11.8 Å². The molecule has 5 nitrogen and oxygen atoms in total. The van der Waals surface area contributed by atoms with E-state index in [0.717, 1.165) is 22.5 Å². The van der Waals surface area contributed by atoms with E-state index < -0.39 is 6.04 Å². The van der Waals surface area contributed by atoms with Crippen molar-refractivity contribution in [1.29, 1.82) is 0 Å². The van der Waals surface area contributed by atoms with Crippen molar-refractivity contribution in [2.24, 2.45) is 0 Å². The number of rotatable bonds is 6. The predicted octanol–water partition coefficient (Wildman–Crippen LogP) is 3.92. The number of carbonyl (C=O) groups is 2. The molecule has 0 saturated heterocycles. The van der Waals surface area contributed by atoms with Crippen LogP contribution >= 0.6 is 11.6 Å². The maximum Gasteiger partial charge on any atom is 0.226 e. The van der Waals surface area contributed by atoms with E-state index in [1.807, 2.05) is 56.3 Å². The molecule has 0 saturated carbocycles. The Morgan fingerprint density at radius 2 is 1.77 bits per heavy atom. The van der Waals surface area contributed by atoms with Gasteiger partial charge in [0.1, 0.15) is 0 Å². The minimum Gasteiger partial charge on any atom is -0.377 e. The number of benzene rings is 2. The number of hydrogen-bond donors (Lipinski definition) is 2. The van der Waals surface area contributed by atoms with E-state index in [4.69, 9.17) is 11.6 Å². The minimum atomic E-state index is -0.410. The molecule has 6 heteroatoms. The fourth-order valence-corrected chi connectivity index (χ4v) is 2.95. The third-order valence-corrected chi connectivity index (χ3v) is 4.25. The van der Waals surface area contributed by atoms with Crippen molar-refractivity contribution in [3.63, 3.8) is 0 Å². The summed E-state index contributed by atoms with van der Waals surface area (Å²) in [6.07, 6.45) is 0.135. The molecule has 0 fully saturated rings. The molecule has 2 aromatic rings. The lowest BCUT2D eigenvalue weighted by atomic mass is 10.0. The summed E-state index contributed by atoms with van der Waals surface area (Å²) in [6, 6.07) is 12.5. The fraction of sp³-hybridized carbons (Fsp3) is 0.300. The molecular formula is C20H24ClN3O2. The van der Waals surface area contributed by atoms with E-state index >= 15 is 0 Å². The summed E-state index contributed by atoms with van der Waals surface area (Å²) in [5.74, 6) is -0.361. The maximum absolute atomic E-state index is 12.5. The van der Waals surface area contributed by atoms with Crippen molar-refractivity contribution in [3.8, 4) is 0 Å². The average Bonchev–Trinajstić information content (AvgIpc) is 2.54. The minimum absolute atomic E-state index is 0.135. The van der Waals surface area contributed by atoms with Crippen molar-refractivity contribution in [3.05, 3.63) is 58.6 Å². The highest BCUT2D eigenvalue weighted by Gasteiger charge is 2.17. The number of nitrogens with zero attached hydrogens (tertiary/aromatic N) is 1. The van der Waals surface area contributed by atoms with Crippen LogP contribution in [0.15, 0.2) is 42.5 Å². The molecular weight excluding hydrogens is 350 g/mol.